The number of rotatable bonds is 5. The van der Waals surface area contributed by atoms with Crippen LogP contribution < -0.4 is 5.56 Å². The van der Waals surface area contributed by atoms with Crippen LogP contribution in [0.25, 0.3) is 0 Å². The molecule has 2 rings (SSSR count). The molecule has 1 aliphatic heterocycles. The molecule has 0 aromatic carbocycles. The highest BCUT2D eigenvalue weighted by molar-refractivity contribution is 5.77. The minimum absolute atomic E-state index is 0.0296. The van der Waals surface area contributed by atoms with Gasteiger partial charge in [0.25, 0.3) is 5.56 Å². The van der Waals surface area contributed by atoms with Gasteiger partial charge in [-0.25, -0.2) is 4.98 Å². The molecule has 7 nitrogen and oxygen atoms in total. The highest BCUT2D eigenvalue weighted by atomic mass is 16.5. The number of nitrogens with zero attached hydrogens (tertiary/aromatic N) is 2. The van der Waals surface area contributed by atoms with Crippen molar-refractivity contribution in [3.8, 4) is 0 Å². The number of amides is 1. The van der Waals surface area contributed by atoms with E-state index in [1.807, 2.05) is 0 Å². The summed E-state index contributed by atoms with van der Waals surface area (Å²) in [5, 5.41) is 0. The van der Waals surface area contributed by atoms with Crippen molar-refractivity contribution in [2.45, 2.75) is 13.0 Å². The average Bonchev–Trinajstić information content (AvgIpc) is 2.43. The summed E-state index contributed by atoms with van der Waals surface area (Å²) >= 11 is 0. The van der Waals surface area contributed by atoms with Crippen LogP contribution in [0.15, 0.2) is 11.1 Å². The van der Waals surface area contributed by atoms with Crippen LogP contribution in [0.1, 0.15) is 11.3 Å². The second-order valence-electron chi connectivity index (χ2n) is 4.27. The summed E-state index contributed by atoms with van der Waals surface area (Å²) in [6.45, 7) is 1.78. The maximum absolute atomic E-state index is 11.9. The van der Waals surface area contributed by atoms with Gasteiger partial charge in [-0.2, -0.15) is 0 Å². The summed E-state index contributed by atoms with van der Waals surface area (Å²) in [5.74, 6) is -0.0937. The number of fused-ring (bicyclic) bond motifs is 1. The molecule has 1 amide bonds. The first-order valence-electron chi connectivity index (χ1n) is 6.12. The van der Waals surface area contributed by atoms with Crippen LogP contribution in [-0.2, 0) is 27.2 Å². The average molecular weight is 267 g/mol. The van der Waals surface area contributed by atoms with Crippen molar-refractivity contribution in [2.75, 3.05) is 33.5 Å². The minimum Gasteiger partial charge on any atom is -0.382 e. The molecule has 1 aliphatic rings. The van der Waals surface area contributed by atoms with Crippen molar-refractivity contribution in [3.05, 3.63) is 27.9 Å². The fourth-order valence-corrected chi connectivity index (χ4v) is 1.97. The predicted octanol–water partition coefficient (Wildman–Crippen LogP) is -0.682. The highest BCUT2D eigenvalue weighted by Crippen LogP contribution is 2.12. The summed E-state index contributed by atoms with van der Waals surface area (Å²) in [4.78, 5) is 31.8. The molecule has 0 atom stereocenters. The number of H-pyrrole nitrogens is 1. The second kappa shape index (κ2) is 6.44. The summed E-state index contributed by atoms with van der Waals surface area (Å²) < 4.78 is 10.0. The van der Waals surface area contributed by atoms with Gasteiger partial charge in [-0.15, -0.1) is 0 Å². The third-order valence-corrected chi connectivity index (χ3v) is 3.02. The van der Waals surface area contributed by atoms with Gasteiger partial charge in [-0.05, 0) is 6.42 Å². The van der Waals surface area contributed by atoms with Gasteiger partial charge in [-0.3, -0.25) is 9.59 Å². The molecule has 104 valence electrons. The van der Waals surface area contributed by atoms with E-state index in [1.54, 1.807) is 12.0 Å². The van der Waals surface area contributed by atoms with E-state index in [4.69, 9.17) is 9.47 Å². The van der Waals surface area contributed by atoms with E-state index < -0.39 is 0 Å². The largest absolute Gasteiger partial charge is 0.382 e. The van der Waals surface area contributed by atoms with E-state index in [1.165, 1.54) is 6.33 Å². The molecular formula is C12H17N3O4. The van der Waals surface area contributed by atoms with Crippen molar-refractivity contribution in [3.63, 3.8) is 0 Å². The molecule has 7 heteroatoms. The van der Waals surface area contributed by atoms with Crippen molar-refractivity contribution >= 4 is 5.91 Å². The van der Waals surface area contributed by atoms with Crippen molar-refractivity contribution in [2.24, 2.45) is 0 Å². The van der Waals surface area contributed by atoms with E-state index in [2.05, 4.69) is 9.97 Å². The van der Waals surface area contributed by atoms with Crippen LogP contribution in [0.2, 0.25) is 0 Å². The number of carbonyl (C=O) groups is 1. The summed E-state index contributed by atoms with van der Waals surface area (Å²) in [6.07, 6.45) is 1.90. The standard InChI is InChI=1S/C12H17N3O4/c1-18-4-5-19-7-11(16)15-3-2-9-10(6-15)13-8-14-12(9)17/h8H,2-7H2,1H3,(H,13,14,17). The number of methoxy groups -OCH3 is 1. The van der Waals surface area contributed by atoms with Gasteiger partial charge in [-0.1, -0.05) is 0 Å². The van der Waals surface area contributed by atoms with Crippen molar-refractivity contribution < 1.29 is 14.3 Å². The van der Waals surface area contributed by atoms with E-state index in [9.17, 15) is 9.59 Å². The summed E-state index contributed by atoms with van der Waals surface area (Å²) in [6, 6.07) is 0. The number of hydrogen-bond acceptors (Lipinski definition) is 5. The zero-order valence-electron chi connectivity index (χ0n) is 10.8. The third kappa shape index (κ3) is 3.39. The lowest BCUT2D eigenvalue weighted by Gasteiger charge is -2.27. The quantitative estimate of drug-likeness (QED) is 0.714. The van der Waals surface area contributed by atoms with Crippen molar-refractivity contribution in [1.29, 1.82) is 0 Å². The van der Waals surface area contributed by atoms with E-state index in [-0.39, 0.29) is 18.1 Å². The Hall–Kier alpha value is -1.73. The van der Waals surface area contributed by atoms with Crippen LogP contribution in [0.5, 0.6) is 0 Å². The smallest absolute Gasteiger partial charge is 0.254 e. The van der Waals surface area contributed by atoms with Crippen LogP contribution in [0.3, 0.4) is 0 Å². The van der Waals surface area contributed by atoms with E-state index in [0.29, 0.717) is 44.0 Å². The fraction of sp³-hybridized carbons (Fsp3) is 0.583. The van der Waals surface area contributed by atoms with Gasteiger partial charge in [0.15, 0.2) is 0 Å². The van der Waals surface area contributed by atoms with Gasteiger partial charge in [0.2, 0.25) is 5.91 Å². The minimum atomic E-state index is -0.117. The van der Waals surface area contributed by atoms with Gasteiger partial charge >= 0.3 is 0 Å². The highest BCUT2D eigenvalue weighted by Gasteiger charge is 2.23. The molecule has 0 fully saturated rings. The predicted molar refractivity (Wildman–Crippen MR) is 66.7 cm³/mol. The third-order valence-electron chi connectivity index (χ3n) is 3.02. The Morgan fingerprint density at radius 2 is 2.37 bits per heavy atom. The lowest BCUT2D eigenvalue weighted by atomic mass is 10.1. The molecule has 0 spiro atoms. The summed E-state index contributed by atoms with van der Waals surface area (Å²) in [5.41, 5.74) is 1.22. The number of hydrogen-bond donors (Lipinski definition) is 1. The monoisotopic (exact) mass is 267 g/mol. The molecule has 0 unspecified atom stereocenters. The molecule has 1 N–H and O–H groups in total. The Balaban J connectivity index is 1.91. The van der Waals surface area contributed by atoms with E-state index >= 15 is 0 Å². The van der Waals surface area contributed by atoms with Gasteiger partial charge in [0.1, 0.15) is 6.61 Å². The molecule has 0 aliphatic carbocycles. The first-order valence-corrected chi connectivity index (χ1v) is 6.12. The normalized spacial score (nSPS) is 14.3. The Morgan fingerprint density at radius 3 is 3.16 bits per heavy atom. The molecule has 2 heterocycles. The molecule has 0 radical (unpaired) electrons. The SMILES string of the molecule is COCCOCC(=O)N1CCc2c(nc[nH]c2=O)C1. The maximum Gasteiger partial charge on any atom is 0.254 e. The van der Waals surface area contributed by atoms with Crippen LogP contribution in [-0.4, -0.2) is 54.3 Å². The van der Waals surface area contributed by atoms with E-state index in [0.717, 1.165) is 0 Å². The maximum atomic E-state index is 11.9. The molecule has 0 saturated heterocycles. The molecular weight excluding hydrogens is 250 g/mol. The number of nitrogens with one attached hydrogen (secondary N) is 1. The lowest BCUT2D eigenvalue weighted by Crippen LogP contribution is -2.40. The first-order chi connectivity index (χ1) is 9.22. The molecule has 1 aromatic rings. The number of ether oxygens (including phenoxy) is 2. The Bertz CT molecular complexity index is 500. The van der Waals surface area contributed by atoms with Gasteiger partial charge in [0.05, 0.1) is 31.8 Å². The Kier molecular flexibility index (Phi) is 4.64. The van der Waals surface area contributed by atoms with Crippen LogP contribution >= 0.6 is 0 Å². The summed E-state index contributed by atoms with van der Waals surface area (Å²) in [7, 11) is 1.58. The molecule has 1 aromatic heterocycles. The van der Waals surface area contributed by atoms with Crippen LogP contribution in [0, 0.1) is 0 Å². The molecule has 0 saturated carbocycles. The number of aromatic amines is 1. The lowest BCUT2D eigenvalue weighted by molar-refractivity contribution is -0.137. The zero-order valence-corrected chi connectivity index (χ0v) is 10.8. The Morgan fingerprint density at radius 1 is 1.53 bits per heavy atom. The fourth-order valence-electron chi connectivity index (χ4n) is 1.97. The van der Waals surface area contributed by atoms with Gasteiger partial charge < -0.3 is 19.4 Å². The Labute approximate surface area is 110 Å². The topological polar surface area (TPSA) is 84.5 Å². The number of carbonyl (C=O) groups excluding carboxylic acids is 1. The van der Waals surface area contributed by atoms with Crippen LogP contribution in [0.4, 0.5) is 0 Å². The number of aromatic nitrogens is 2. The molecule has 19 heavy (non-hydrogen) atoms. The first kappa shape index (κ1) is 13.7. The van der Waals surface area contributed by atoms with Crippen molar-refractivity contribution in [1.82, 2.24) is 14.9 Å². The van der Waals surface area contributed by atoms with Gasteiger partial charge in [0, 0.05) is 19.2 Å². The second-order valence-corrected chi connectivity index (χ2v) is 4.27. The molecule has 0 bridgehead atoms. The zero-order chi connectivity index (χ0) is 13.7.